The summed E-state index contributed by atoms with van der Waals surface area (Å²) in [5.41, 5.74) is 4.13. The third-order valence-electron chi connectivity index (χ3n) is 4.02. The monoisotopic (exact) mass is 281 g/mol. The third-order valence-corrected chi connectivity index (χ3v) is 4.02. The molecule has 1 N–H and O–H groups in total. The van der Waals surface area contributed by atoms with Gasteiger partial charge in [-0.25, -0.2) is 0 Å². The van der Waals surface area contributed by atoms with Gasteiger partial charge in [-0.2, -0.15) is 0 Å². The molecule has 1 heteroatoms. The van der Waals surface area contributed by atoms with Gasteiger partial charge in [-0.05, 0) is 42.9 Å². The quantitative estimate of drug-likeness (QED) is 0.744. The Balaban J connectivity index is 2.17. The van der Waals surface area contributed by atoms with Gasteiger partial charge in [-0.3, -0.25) is 0 Å². The van der Waals surface area contributed by atoms with Crippen LogP contribution in [-0.2, 0) is 0 Å². The van der Waals surface area contributed by atoms with Crippen LogP contribution in [0.1, 0.15) is 56.0 Å². The summed E-state index contributed by atoms with van der Waals surface area (Å²) in [5.74, 6) is 0.673. The Hall–Kier alpha value is -1.60. The fourth-order valence-electron chi connectivity index (χ4n) is 2.92. The van der Waals surface area contributed by atoms with E-state index in [1.54, 1.807) is 0 Å². The van der Waals surface area contributed by atoms with E-state index >= 15 is 0 Å². The minimum Gasteiger partial charge on any atom is -0.303 e. The lowest BCUT2D eigenvalue weighted by Gasteiger charge is -2.26. The van der Waals surface area contributed by atoms with E-state index in [9.17, 15) is 0 Å². The van der Waals surface area contributed by atoms with Gasteiger partial charge < -0.3 is 5.32 Å². The summed E-state index contributed by atoms with van der Waals surface area (Å²) in [7, 11) is 0. The predicted molar refractivity (Wildman–Crippen MR) is 91.4 cm³/mol. The van der Waals surface area contributed by atoms with Gasteiger partial charge in [0.15, 0.2) is 0 Å². The topological polar surface area (TPSA) is 12.0 Å². The molecule has 2 aromatic rings. The van der Waals surface area contributed by atoms with Gasteiger partial charge >= 0.3 is 0 Å². The second-order valence-corrected chi connectivity index (χ2v) is 6.34. The molecule has 2 unspecified atom stereocenters. The highest BCUT2D eigenvalue weighted by Gasteiger charge is 2.17. The molecule has 0 saturated carbocycles. The minimum absolute atomic E-state index is 0.357. The smallest absolute Gasteiger partial charge is 0.0328 e. The van der Waals surface area contributed by atoms with E-state index in [2.05, 4.69) is 87.6 Å². The largest absolute Gasteiger partial charge is 0.303 e. The molecule has 0 amide bonds. The fourth-order valence-corrected chi connectivity index (χ4v) is 2.92. The Labute approximate surface area is 129 Å². The first-order valence-corrected chi connectivity index (χ1v) is 7.94. The van der Waals surface area contributed by atoms with Crippen LogP contribution in [0.5, 0.6) is 0 Å². The normalized spacial score (nSPS) is 14.1. The van der Waals surface area contributed by atoms with Crippen LogP contribution in [0.15, 0.2) is 54.6 Å². The highest BCUT2D eigenvalue weighted by molar-refractivity contribution is 5.29. The summed E-state index contributed by atoms with van der Waals surface area (Å²) in [6.07, 6.45) is 1.15. The zero-order valence-corrected chi connectivity index (χ0v) is 13.6. The zero-order valence-electron chi connectivity index (χ0n) is 13.6. The molecule has 0 aromatic heterocycles. The van der Waals surface area contributed by atoms with E-state index in [-0.39, 0.29) is 0 Å². The lowest BCUT2D eigenvalue weighted by Crippen LogP contribution is -2.26. The molecule has 2 rings (SSSR count). The molecule has 0 bridgehead atoms. The SMILES string of the molecule is Cc1ccccc1C(C)NC(CC(C)C)c1ccccc1. The third kappa shape index (κ3) is 4.44. The Morgan fingerprint density at radius 3 is 2.10 bits per heavy atom. The van der Waals surface area contributed by atoms with Crippen molar-refractivity contribution in [3.05, 3.63) is 71.3 Å². The van der Waals surface area contributed by atoms with Crippen LogP contribution in [0.3, 0.4) is 0 Å². The van der Waals surface area contributed by atoms with Gasteiger partial charge in [0.25, 0.3) is 0 Å². The molecule has 1 nitrogen and oxygen atoms in total. The Kier molecular flexibility index (Phi) is 5.58. The van der Waals surface area contributed by atoms with Crippen LogP contribution in [0.2, 0.25) is 0 Å². The number of aryl methyl sites for hydroxylation is 1. The first kappa shape index (κ1) is 15.8. The van der Waals surface area contributed by atoms with E-state index in [1.165, 1.54) is 16.7 Å². The van der Waals surface area contributed by atoms with Gasteiger partial charge in [-0.1, -0.05) is 68.4 Å². The van der Waals surface area contributed by atoms with Gasteiger partial charge in [-0.15, -0.1) is 0 Å². The zero-order chi connectivity index (χ0) is 15.2. The molecule has 0 radical (unpaired) electrons. The van der Waals surface area contributed by atoms with Crippen molar-refractivity contribution in [2.45, 2.75) is 46.2 Å². The number of rotatable bonds is 6. The van der Waals surface area contributed by atoms with Crippen LogP contribution >= 0.6 is 0 Å². The molecular formula is C20H27N. The van der Waals surface area contributed by atoms with Gasteiger partial charge in [0.2, 0.25) is 0 Å². The highest BCUT2D eigenvalue weighted by Crippen LogP contribution is 2.26. The molecule has 0 fully saturated rings. The van der Waals surface area contributed by atoms with Crippen molar-refractivity contribution in [2.75, 3.05) is 0 Å². The first-order valence-electron chi connectivity index (χ1n) is 7.94. The average molecular weight is 281 g/mol. The van der Waals surface area contributed by atoms with Crippen molar-refractivity contribution in [1.82, 2.24) is 5.32 Å². The van der Waals surface area contributed by atoms with E-state index in [1.807, 2.05) is 0 Å². The molecule has 2 aromatic carbocycles. The molecule has 0 aliphatic rings. The average Bonchev–Trinajstić information content (AvgIpc) is 2.47. The van der Waals surface area contributed by atoms with Gasteiger partial charge in [0.05, 0.1) is 0 Å². The molecule has 0 spiro atoms. The van der Waals surface area contributed by atoms with Crippen LogP contribution in [-0.4, -0.2) is 0 Å². The van der Waals surface area contributed by atoms with E-state index in [4.69, 9.17) is 0 Å². The van der Waals surface area contributed by atoms with E-state index < -0.39 is 0 Å². The Bertz CT molecular complexity index is 545. The lowest BCUT2D eigenvalue weighted by molar-refractivity contribution is 0.394. The van der Waals surface area contributed by atoms with Crippen molar-refractivity contribution in [2.24, 2.45) is 5.92 Å². The van der Waals surface area contributed by atoms with Gasteiger partial charge in [0, 0.05) is 12.1 Å². The van der Waals surface area contributed by atoms with E-state index in [0.29, 0.717) is 18.0 Å². The van der Waals surface area contributed by atoms with Gasteiger partial charge in [0.1, 0.15) is 0 Å². The maximum atomic E-state index is 3.82. The molecule has 2 atom stereocenters. The van der Waals surface area contributed by atoms with Crippen molar-refractivity contribution in [1.29, 1.82) is 0 Å². The molecule has 112 valence electrons. The number of benzene rings is 2. The van der Waals surface area contributed by atoms with Crippen LogP contribution in [0.4, 0.5) is 0 Å². The van der Waals surface area contributed by atoms with Crippen molar-refractivity contribution in [3.63, 3.8) is 0 Å². The molecule has 0 saturated heterocycles. The predicted octanol–water partition coefficient (Wildman–Crippen LogP) is 5.43. The van der Waals surface area contributed by atoms with Crippen molar-refractivity contribution in [3.8, 4) is 0 Å². The summed E-state index contributed by atoms with van der Waals surface area (Å²) in [6.45, 7) is 9.03. The summed E-state index contributed by atoms with van der Waals surface area (Å²) < 4.78 is 0. The fraction of sp³-hybridized carbons (Fsp3) is 0.400. The summed E-state index contributed by atoms with van der Waals surface area (Å²) in [4.78, 5) is 0. The minimum atomic E-state index is 0.357. The van der Waals surface area contributed by atoms with E-state index in [0.717, 1.165) is 6.42 Å². The maximum absolute atomic E-state index is 3.82. The molecule has 0 heterocycles. The Morgan fingerprint density at radius 2 is 1.48 bits per heavy atom. The summed E-state index contributed by atoms with van der Waals surface area (Å²) in [5, 5.41) is 3.82. The number of hydrogen-bond acceptors (Lipinski definition) is 1. The van der Waals surface area contributed by atoms with Crippen molar-refractivity contribution < 1.29 is 0 Å². The second kappa shape index (κ2) is 7.42. The van der Waals surface area contributed by atoms with Crippen LogP contribution < -0.4 is 5.32 Å². The number of nitrogens with one attached hydrogen (secondary N) is 1. The highest BCUT2D eigenvalue weighted by atomic mass is 14.9. The van der Waals surface area contributed by atoms with Crippen molar-refractivity contribution >= 4 is 0 Å². The molecule has 21 heavy (non-hydrogen) atoms. The Morgan fingerprint density at radius 1 is 0.857 bits per heavy atom. The molecular weight excluding hydrogens is 254 g/mol. The lowest BCUT2D eigenvalue weighted by atomic mass is 9.94. The van der Waals surface area contributed by atoms with Crippen LogP contribution in [0.25, 0.3) is 0 Å². The molecule has 0 aliphatic carbocycles. The first-order chi connectivity index (χ1) is 10.1. The van der Waals surface area contributed by atoms with Crippen LogP contribution in [0, 0.1) is 12.8 Å². The molecule has 0 aliphatic heterocycles. The number of hydrogen-bond donors (Lipinski definition) is 1. The maximum Gasteiger partial charge on any atom is 0.0328 e. The summed E-state index contributed by atoms with van der Waals surface area (Å²) in [6, 6.07) is 20.2. The summed E-state index contributed by atoms with van der Waals surface area (Å²) >= 11 is 0. The second-order valence-electron chi connectivity index (χ2n) is 6.34. The standard InChI is InChI=1S/C20H27N/c1-15(2)14-20(18-11-6-5-7-12-18)21-17(4)19-13-9-8-10-16(19)3/h5-13,15,17,20-21H,14H2,1-4H3.